The second-order valence-corrected chi connectivity index (χ2v) is 8.98. The molecule has 1 spiro atoms. The molecule has 0 radical (unpaired) electrons. The van der Waals surface area contributed by atoms with Crippen molar-refractivity contribution in [3.63, 3.8) is 0 Å². The van der Waals surface area contributed by atoms with Crippen LogP contribution >= 0.6 is 0 Å². The van der Waals surface area contributed by atoms with Crippen LogP contribution in [0.15, 0.2) is 18.2 Å². The minimum absolute atomic E-state index is 0.110. The minimum atomic E-state index is -0.945. The van der Waals surface area contributed by atoms with Crippen LogP contribution in [0.4, 0.5) is 5.69 Å². The number of ether oxygens (including phenoxy) is 1. The molecule has 0 aliphatic carbocycles. The molecule has 3 fully saturated rings. The molecular formula is C22H26N4O5. The lowest BCUT2D eigenvalue weighted by molar-refractivity contribution is -0.136. The van der Waals surface area contributed by atoms with Gasteiger partial charge in [-0.15, -0.1) is 0 Å². The Morgan fingerprint density at radius 3 is 2.65 bits per heavy atom. The van der Waals surface area contributed by atoms with Gasteiger partial charge in [0, 0.05) is 44.5 Å². The quantitative estimate of drug-likeness (QED) is 0.606. The van der Waals surface area contributed by atoms with Crippen molar-refractivity contribution < 1.29 is 23.9 Å². The molecule has 4 aliphatic rings. The Morgan fingerprint density at radius 2 is 1.87 bits per heavy atom. The molecule has 3 saturated heterocycles. The first-order valence-electron chi connectivity index (χ1n) is 10.9. The van der Waals surface area contributed by atoms with Crippen LogP contribution in [0.3, 0.4) is 0 Å². The molecule has 1 aromatic rings. The molecule has 0 saturated carbocycles. The number of nitrogens with zero attached hydrogens (tertiary/aromatic N) is 1. The second-order valence-electron chi connectivity index (χ2n) is 8.98. The molecule has 4 amide bonds. The van der Waals surface area contributed by atoms with Gasteiger partial charge in [-0.05, 0) is 49.3 Å². The third-order valence-electron chi connectivity index (χ3n) is 6.99. The van der Waals surface area contributed by atoms with E-state index in [9.17, 15) is 19.2 Å². The topological polar surface area (TPSA) is 117 Å². The maximum atomic E-state index is 12.9. The highest BCUT2D eigenvalue weighted by molar-refractivity contribution is 6.23. The summed E-state index contributed by atoms with van der Waals surface area (Å²) in [5.41, 5.74) is 1.67. The summed E-state index contributed by atoms with van der Waals surface area (Å²) in [4.78, 5) is 50.3. The van der Waals surface area contributed by atoms with Crippen LogP contribution in [-0.4, -0.2) is 66.9 Å². The van der Waals surface area contributed by atoms with E-state index < -0.39 is 23.8 Å². The maximum Gasteiger partial charge on any atom is 0.262 e. The van der Waals surface area contributed by atoms with E-state index in [0.29, 0.717) is 22.6 Å². The van der Waals surface area contributed by atoms with Crippen molar-refractivity contribution >= 4 is 29.3 Å². The van der Waals surface area contributed by atoms with Crippen molar-refractivity contribution in [1.82, 2.24) is 15.5 Å². The summed E-state index contributed by atoms with van der Waals surface area (Å²) in [7, 11) is 0. The number of hydrogen-bond donors (Lipinski definition) is 3. The molecule has 9 nitrogen and oxygen atoms in total. The summed E-state index contributed by atoms with van der Waals surface area (Å²) in [6.45, 7) is 3.38. The smallest absolute Gasteiger partial charge is 0.262 e. The average Bonchev–Trinajstić information content (AvgIpc) is 3.26. The van der Waals surface area contributed by atoms with Gasteiger partial charge in [0.05, 0.1) is 11.1 Å². The van der Waals surface area contributed by atoms with E-state index in [1.165, 1.54) is 0 Å². The van der Waals surface area contributed by atoms with Crippen LogP contribution in [0, 0.1) is 5.41 Å². The summed E-state index contributed by atoms with van der Waals surface area (Å²) in [6, 6.07) is 4.49. The molecule has 164 valence electrons. The number of carbonyl (C=O) groups excluding carboxylic acids is 4. The summed E-state index contributed by atoms with van der Waals surface area (Å²) >= 11 is 0. The predicted octanol–water partition coefficient (Wildman–Crippen LogP) is 0.658. The van der Waals surface area contributed by atoms with Gasteiger partial charge in [0.1, 0.15) is 6.04 Å². The zero-order valence-electron chi connectivity index (χ0n) is 17.2. The minimum Gasteiger partial charge on any atom is -0.383 e. The van der Waals surface area contributed by atoms with E-state index >= 15 is 0 Å². The van der Waals surface area contributed by atoms with E-state index in [4.69, 9.17) is 4.74 Å². The Bertz CT molecular complexity index is 955. The zero-order chi connectivity index (χ0) is 21.6. The van der Waals surface area contributed by atoms with Crippen molar-refractivity contribution in [2.24, 2.45) is 5.41 Å². The van der Waals surface area contributed by atoms with Crippen LogP contribution < -0.4 is 16.0 Å². The van der Waals surface area contributed by atoms with Gasteiger partial charge in [0.25, 0.3) is 11.8 Å². The molecular weight excluding hydrogens is 400 g/mol. The van der Waals surface area contributed by atoms with Gasteiger partial charge < -0.3 is 15.4 Å². The van der Waals surface area contributed by atoms with E-state index in [0.717, 1.165) is 56.2 Å². The Kier molecular flexibility index (Phi) is 5.02. The molecule has 2 atom stereocenters. The fourth-order valence-electron chi connectivity index (χ4n) is 5.18. The average molecular weight is 426 g/mol. The Morgan fingerprint density at radius 1 is 1.10 bits per heavy atom. The summed E-state index contributed by atoms with van der Waals surface area (Å²) in [5.74, 6) is -1.95. The van der Waals surface area contributed by atoms with Crippen molar-refractivity contribution in [2.75, 3.05) is 31.6 Å². The lowest BCUT2D eigenvalue weighted by atomic mass is 9.78. The monoisotopic (exact) mass is 426 g/mol. The Labute approximate surface area is 179 Å². The van der Waals surface area contributed by atoms with E-state index in [1.54, 1.807) is 18.2 Å². The molecule has 3 N–H and O–H groups in total. The molecule has 9 heteroatoms. The maximum absolute atomic E-state index is 12.9. The Hall–Kier alpha value is -2.78. The van der Waals surface area contributed by atoms with Gasteiger partial charge in [-0.25, -0.2) is 0 Å². The number of amides is 4. The number of piperidine rings is 1. The van der Waals surface area contributed by atoms with Crippen LogP contribution in [0.2, 0.25) is 0 Å². The predicted molar refractivity (Wildman–Crippen MR) is 110 cm³/mol. The number of nitrogens with one attached hydrogen (secondary N) is 3. The number of benzene rings is 1. The van der Waals surface area contributed by atoms with Gasteiger partial charge in [-0.2, -0.15) is 0 Å². The Balaban J connectivity index is 1.25. The number of carbonyl (C=O) groups is 4. The lowest BCUT2D eigenvalue weighted by Gasteiger charge is -2.32. The normalized spacial score (nSPS) is 27.5. The zero-order valence-corrected chi connectivity index (χ0v) is 17.2. The molecule has 4 aliphatic heterocycles. The summed E-state index contributed by atoms with van der Waals surface area (Å²) < 4.78 is 5.50. The molecule has 5 rings (SSSR count). The largest absolute Gasteiger partial charge is 0.383 e. The number of imide groups is 2. The molecule has 31 heavy (non-hydrogen) atoms. The van der Waals surface area contributed by atoms with Gasteiger partial charge >= 0.3 is 0 Å². The highest BCUT2D eigenvalue weighted by Crippen LogP contribution is 2.38. The first-order valence-corrected chi connectivity index (χ1v) is 10.9. The number of hydrogen-bond acceptors (Lipinski definition) is 7. The van der Waals surface area contributed by atoms with Crippen LogP contribution in [0.25, 0.3) is 0 Å². The molecule has 1 aromatic carbocycles. The van der Waals surface area contributed by atoms with E-state index in [2.05, 4.69) is 16.0 Å². The standard InChI is InChI=1S/C22H26N4O5/c27-18-4-3-17(19(28)25-18)26-20(29)15-2-1-13(9-16(15)21(26)30)23-11-14-10-22(12-24-14)5-7-31-8-6-22/h1-2,9,14,17,23-24H,3-8,10-12H2,(H,25,27,28). The summed E-state index contributed by atoms with van der Waals surface area (Å²) in [5, 5.41) is 9.19. The van der Waals surface area contributed by atoms with Gasteiger partial charge in [-0.1, -0.05) is 0 Å². The van der Waals surface area contributed by atoms with Gasteiger partial charge in [0.2, 0.25) is 11.8 Å². The van der Waals surface area contributed by atoms with Gasteiger partial charge in [-0.3, -0.25) is 29.4 Å². The number of anilines is 1. The molecule has 4 heterocycles. The van der Waals surface area contributed by atoms with Crippen molar-refractivity contribution in [2.45, 2.75) is 44.2 Å². The number of rotatable bonds is 4. The van der Waals surface area contributed by atoms with Crippen LogP contribution in [0.1, 0.15) is 52.8 Å². The lowest BCUT2D eigenvalue weighted by Crippen LogP contribution is -2.54. The first kappa shape index (κ1) is 20.1. The highest BCUT2D eigenvalue weighted by atomic mass is 16.5. The van der Waals surface area contributed by atoms with Crippen molar-refractivity contribution in [3.05, 3.63) is 29.3 Å². The molecule has 2 unspecified atom stereocenters. The molecule has 0 aromatic heterocycles. The van der Waals surface area contributed by atoms with Gasteiger partial charge in [0.15, 0.2) is 0 Å². The second kappa shape index (κ2) is 7.72. The number of fused-ring (bicyclic) bond motifs is 1. The fourth-order valence-corrected chi connectivity index (χ4v) is 5.18. The third-order valence-corrected chi connectivity index (χ3v) is 6.99. The van der Waals surface area contributed by atoms with Crippen LogP contribution in [0.5, 0.6) is 0 Å². The third kappa shape index (κ3) is 3.61. The summed E-state index contributed by atoms with van der Waals surface area (Å²) in [6.07, 6.45) is 3.53. The van der Waals surface area contributed by atoms with E-state index in [-0.39, 0.29) is 18.7 Å². The SMILES string of the molecule is O=C1CCC(N2C(=O)c3ccc(NCC4CC5(CCOCC5)CN4)cc3C2=O)C(=O)N1. The fraction of sp³-hybridized carbons (Fsp3) is 0.545. The highest BCUT2D eigenvalue weighted by Gasteiger charge is 2.45. The van der Waals surface area contributed by atoms with Crippen LogP contribution in [-0.2, 0) is 14.3 Å². The van der Waals surface area contributed by atoms with Crippen molar-refractivity contribution in [3.8, 4) is 0 Å². The molecule has 0 bridgehead atoms. The first-order chi connectivity index (χ1) is 15.0. The van der Waals surface area contributed by atoms with E-state index in [1.807, 2.05) is 0 Å². The van der Waals surface area contributed by atoms with Crippen molar-refractivity contribution in [1.29, 1.82) is 0 Å².